The van der Waals surface area contributed by atoms with Gasteiger partial charge in [0, 0.05) is 24.7 Å². The summed E-state index contributed by atoms with van der Waals surface area (Å²) < 4.78 is 0. The highest BCUT2D eigenvalue weighted by Gasteiger charge is 2.33. The van der Waals surface area contributed by atoms with E-state index in [2.05, 4.69) is 22.0 Å². The molecule has 3 rings (SSSR count). The van der Waals surface area contributed by atoms with Crippen molar-refractivity contribution in [1.82, 2.24) is 15.1 Å². The minimum atomic E-state index is 0.381. The van der Waals surface area contributed by atoms with E-state index in [1.807, 2.05) is 0 Å². The Hall–Kier alpha value is -0.120. The molecule has 0 amide bonds. The van der Waals surface area contributed by atoms with Crippen LogP contribution in [-0.2, 0) is 0 Å². The molecule has 1 N–H and O–H groups in total. The van der Waals surface area contributed by atoms with Crippen molar-refractivity contribution < 1.29 is 0 Å². The van der Waals surface area contributed by atoms with Crippen molar-refractivity contribution in [3.05, 3.63) is 0 Å². The third-order valence-corrected chi connectivity index (χ3v) is 5.17. The van der Waals surface area contributed by atoms with Crippen LogP contribution in [0.1, 0.15) is 45.4 Å². The summed E-state index contributed by atoms with van der Waals surface area (Å²) in [6.45, 7) is 10.2. The van der Waals surface area contributed by atoms with Gasteiger partial charge in [-0.1, -0.05) is 6.42 Å². The maximum absolute atomic E-state index is 3.77. The molecule has 3 heteroatoms. The van der Waals surface area contributed by atoms with Gasteiger partial charge in [0.05, 0.1) is 0 Å². The van der Waals surface area contributed by atoms with Gasteiger partial charge >= 0.3 is 0 Å². The Morgan fingerprint density at radius 1 is 1.11 bits per heavy atom. The summed E-state index contributed by atoms with van der Waals surface area (Å²) in [6.07, 6.45) is 8.36. The predicted octanol–water partition coefficient (Wildman–Crippen LogP) is 1.69. The van der Waals surface area contributed by atoms with Gasteiger partial charge in [-0.05, 0) is 65.2 Å². The van der Waals surface area contributed by atoms with E-state index in [4.69, 9.17) is 0 Å². The van der Waals surface area contributed by atoms with Gasteiger partial charge < -0.3 is 5.32 Å². The molecule has 0 bridgehead atoms. The van der Waals surface area contributed by atoms with Gasteiger partial charge in [-0.2, -0.15) is 0 Å². The quantitative estimate of drug-likeness (QED) is 0.806. The summed E-state index contributed by atoms with van der Waals surface area (Å²) >= 11 is 0. The lowest BCUT2D eigenvalue weighted by atomic mass is 9.90. The van der Waals surface area contributed by atoms with Gasteiger partial charge in [0.1, 0.15) is 0 Å². The lowest BCUT2D eigenvalue weighted by Crippen LogP contribution is -2.54. The van der Waals surface area contributed by atoms with Crippen molar-refractivity contribution in [2.75, 3.05) is 39.3 Å². The molecule has 3 fully saturated rings. The molecule has 3 aliphatic heterocycles. The van der Waals surface area contributed by atoms with Crippen LogP contribution >= 0.6 is 0 Å². The number of hydrogen-bond acceptors (Lipinski definition) is 3. The molecule has 0 aliphatic carbocycles. The third kappa shape index (κ3) is 2.89. The fourth-order valence-corrected chi connectivity index (χ4v) is 4.17. The van der Waals surface area contributed by atoms with Crippen LogP contribution in [0.3, 0.4) is 0 Å². The molecule has 104 valence electrons. The zero-order valence-electron chi connectivity index (χ0n) is 12.0. The second-order valence-corrected chi connectivity index (χ2v) is 6.87. The van der Waals surface area contributed by atoms with Crippen LogP contribution in [0, 0.1) is 0 Å². The Morgan fingerprint density at radius 2 is 2.00 bits per heavy atom. The van der Waals surface area contributed by atoms with Gasteiger partial charge in [0.2, 0.25) is 0 Å². The Balaban J connectivity index is 1.58. The third-order valence-electron chi connectivity index (χ3n) is 5.17. The Bertz CT molecular complexity index is 273. The highest BCUT2D eigenvalue weighted by atomic mass is 15.3. The average Bonchev–Trinajstić information content (AvgIpc) is 2.69. The molecule has 0 radical (unpaired) electrons. The first kappa shape index (κ1) is 12.9. The molecule has 0 saturated carbocycles. The monoisotopic (exact) mass is 251 g/mol. The number of rotatable bonds is 2. The van der Waals surface area contributed by atoms with Crippen molar-refractivity contribution in [2.24, 2.45) is 0 Å². The average molecular weight is 251 g/mol. The number of piperidine rings is 1. The van der Waals surface area contributed by atoms with Crippen molar-refractivity contribution in [3.8, 4) is 0 Å². The topological polar surface area (TPSA) is 18.5 Å². The van der Waals surface area contributed by atoms with Gasteiger partial charge in [0.15, 0.2) is 0 Å². The summed E-state index contributed by atoms with van der Waals surface area (Å²) in [7, 11) is 0. The fraction of sp³-hybridized carbons (Fsp3) is 1.00. The molecule has 3 nitrogen and oxygen atoms in total. The Morgan fingerprint density at radius 3 is 2.83 bits per heavy atom. The van der Waals surface area contributed by atoms with E-state index in [1.165, 1.54) is 77.8 Å². The number of nitrogens with one attached hydrogen (secondary N) is 1. The normalized spacial score (nSPS) is 39.5. The van der Waals surface area contributed by atoms with Gasteiger partial charge in [-0.3, -0.25) is 9.80 Å². The largest absolute Gasteiger partial charge is 0.310 e. The predicted molar refractivity (Wildman–Crippen MR) is 75.9 cm³/mol. The first-order chi connectivity index (χ1) is 8.75. The molecule has 0 aromatic heterocycles. The molecule has 0 aromatic carbocycles. The van der Waals surface area contributed by atoms with E-state index in [-0.39, 0.29) is 0 Å². The molecule has 0 aromatic rings. The van der Waals surface area contributed by atoms with E-state index in [1.54, 1.807) is 0 Å². The van der Waals surface area contributed by atoms with E-state index >= 15 is 0 Å². The molecular formula is C15H29N3. The van der Waals surface area contributed by atoms with Gasteiger partial charge in [-0.25, -0.2) is 0 Å². The summed E-state index contributed by atoms with van der Waals surface area (Å²) in [5.74, 6) is 0. The minimum Gasteiger partial charge on any atom is -0.310 e. The van der Waals surface area contributed by atoms with E-state index in [0.717, 1.165) is 6.04 Å². The lowest BCUT2D eigenvalue weighted by Gasteiger charge is -2.39. The fourth-order valence-electron chi connectivity index (χ4n) is 4.17. The molecule has 3 saturated heterocycles. The smallest absolute Gasteiger partial charge is 0.0280 e. The Labute approximate surface area is 112 Å². The van der Waals surface area contributed by atoms with Crippen LogP contribution in [-0.4, -0.2) is 60.6 Å². The molecule has 0 spiro atoms. The Kier molecular flexibility index (Phi) is 3.92. The van der Waals surface area contributed by atoms with Crippen molar-refractivity contribution in [1.29, 1.82) is 0 Å². The summed E-state index contributed by atoms with van der Waals surface area (Å²) in [6, 6.07) is 0.861. The van der Waals surface area contributed by atoms with E-state index in [9.17, 15) is 0 Å². The van der Waals surface area contributed by atoms with Crippen molar-refractivity contribution >= 4 is 0 Å². The van der Waals surface area contributed by atoms with Crippen LogP contribution in [0.25, 0.3) is 0 Å². The van der Waals surface area contributed by atoms with E-state index < -0.39 is 0 Å². The van der Waals surface area contributed by atoms with Gasteiger partial charge in [0.25, 0.3) is 0 Å². The van der Waals surface area contributed by atoms with Crippen LogP contribution in [0.2, 0.25) is 0 Å². The molecular weight excluding hydrogens is 222 g/mol. The van der Waals surface area contributed by atoms with Crippen molar-refractivity contribution in [2.45, 2.75) is 57.0 Å². The first-order valence-electron chi connectivity index (χ1n) is 7.97. The number of nitrogens with zero attached hydrogens (tertiary/aromatic N) is 2. The summed E-state index contributed by atoms with van der Waals surface area (Å²) in [4.78, 5) is 5.48. The zero-order valence-corrected chi connectivity index (χ0v) is 12.0. The van der Waals surface area contributed by atoms with Crippen LogP contribution in [0.5, 0.6) is 0 Å². The van der Waals surface area contributed by atoms with Crippen LogP contribution in [0.4, 0.5) is 0 Å². The first-order valence-corrected chi connectivity index (χ1v) is 7.97. The highest BCUT2D eigenvalue weighted by Crippen LogP contribution is 2.24. The standard InChI is InChI=1S/C15H29N3/c1-15(7-2-3-8-16-15)13-17-9-5-11-18-10-4-6-14(18)12-17/h14,16H,2-13H2,1H3. The number of hydrogen-bond donors (Lipinski definition) is 1. The van der Waals surface area contributed by atoms with Crippen molar-refractivity contribution in [3.63, 3.8) is 0 Å². The second kappa shape index (κ2) is 5.48. The lowest BCUT2D eigenvalue weighted by molar-refractivity contribution is 0.152. The second-order valence-electron chi connectivity index (χ2n) is 6.87. The molecule has 2 atom stereocenters. The minimum absolute atomic E-state index is 0.381. The zero-order chi connectivity index (χ0) is 12.4. The maximum atomic E-state index is 3.77. The van der Waals surface area contributed by atoms with E-state index in [0.29, 0.717) is 5.54 Å². The SMILES string of the molecule is CC1(CN2CCCN3CCCC3C2)CCCCN1. The summed E-state index contributed by atoms with van der Waals surface area (Å²) in [5.41, 5.74) is 0.381. The van der Waals surface area contributed by atoms with Crippen LogP contribution in [0.15, 0.2) is 0 Å². The van der Waals surface area contributed by atoms with Crippen LogP contribution < -0.4 is 5.32 Å². The molecule has 18 heavy (non-hydrogen) atoms. The van der Waals surface area contributed by atoms with Gasteiger partial charge in [-0.15, -0.1) is 0 Å². The maximum Gasteiger partial charge on any atom is 0.0280 e. The molecule has 3 aliphatic rings. The number of fused-ring (bicyclic) bond motifs is 1. The molecule has 3 heterocycles. The highest BCUT2D eigenvalue weighted by molar-refractivity contribution is 4.92. The summed E-state index contributed by atoms with van der Waals surface area (Å²) in [5, 5.41) is 3.77. The molecule has 2 unspecified atom stereocenters.